The molecule has 0 saturated heterocycles. The van der Waals surface area contributed by atoms with E-state index in [1.165, 1.54) is 11.3 Å². The lowest BCUT2D eigenvalue weighted by molar-refractivity contribution is 0.0953. The van der Waals surface area contributed by atoms with E-state index in [9.17, 15) is 4.79 Å². The highest BCUT2D eigenvalue weighted by Crippen LogP contribution is 2.20. The monoisotopic (exact) mass is 276 g/mol. The Morgan fingerprint density at radius 2 is 2.50 bits per heavy atom. The molecule has 0 radical (unpaired) electrons. The molecule has 1 amide bonds. The van der Waals surface area contributed by atoms with Crippen LogP contribution in [0.4, 0.5) is 0 Å². The van der Waals surface area contributed by atoms with Crippen LogP contribution in [0.5, 0.6) is 0 Å². The first-order valence-electron chi connectivity index (χ1n) is 4.37. The van der Waals surface area contributed by atoms with Crippen LogP contribution < -0.4 is 11.1 Å². The Kier molecular flexibility index (Phi) is 4.57. The molecule has 0 fully saturated rings. The molecular weight excluding hydrogens is 264 g/mol. The third-order valence-electron chi connectivity index (χ3n) is 1.71. The summed E-state index contributed by atoms with van der Waals surface area (Å²) in [5.74, 6) is -0.0346. The van der Waals surface area contributed by atoms with Gasteiger partial charge in [-0.3, -0.25) is 4.79 Å². The van der Waals surface area contributed by atoms with Gasteiger partial charge in [-0.05, 0) is 35.3 Å². The van der Waals surface area contributed by atoms with Crippen LogP contribution in [-0.2, 0) is 0 Å². The van der Waals surface area contributed by atoms with Crippen LogP contribution in [0.25, 0.3) is 0 Å². The fourth-order valence-corrected chi connectivity index (χ4v) is 2.08. The number of nitrogens with two attached hydrogens (primary N) is 1. The van der Waals surface area contributed by atoms with Crippen LogP contribution in [-0.4, -0.2) is 18.5 Å². The molecule has 0 bridgehead atoms. The van der Waals surface area contributed by atoms with E-state index < -0.39 is 0 Å². The van der Waals surface area contributed by atoms with E-state index in [2.05, 4.69) is 21.2 Å². The highest BCUT2D eigenvalue weighted by Gasteiger charge is 2.06. The number of halogens is 1. The van der Waals surface area contributed by atoms with Crippen LogP contribution in [0.3, 0.4) is 0 Å². The molecule has 1 aromatic rings. The van der Waals surface area contributed by atoms with Crippen LogP contribution >= 0.6 is 27.3 Å². The smallest absolute Gasteiger partial charge is 0.252 e. The van der Waals surface area contributed by atoms with Gasteiger partial charge in [-0.2, -0.15) is 0 Å². The highest BCUT2D eigenvalue weighted by atomic mass is 79.9. The minimum atomic E-state index is -0.0346. The van der Waals surface area contributed by atoms with Crippen molar-refractivity contribution >= 4 is 33.2 Å². The van der Waals surface area contributed by atoms with Gasteiger partial charge in [0.1, 0.15) is 0 Å². The molecule has 0 saturated carbocycles. The van der Waals surface area contributed by atoms with Crippen LogP contribution in [0.2, 0.25) is 0 Å². The predicted octanol–water partition coefficient (Wildman–Crippen LogP) is 1.98. The van der Waals surface area contributed by atoms with Crippen molar-refractivity contribution in [1.82, 2.24) is 5.32 Å². The molecule has 1 rings (SSSR count). The first-order valence-corrected chi connectivity index (χ1v) is 6.04. The second kappa shape index (κ2) is 5.48. The summed E-state index contributed by atoms with van der Waals surface area (Å²) in [5, 5.41) is 4.64. The number of nitrogens with one attached hydrogen (secondary N) is 1. The van der Waals surface area contributed by atoms with Gasteiger partial charge >= 0.3 is 0 Å². The molecule has 0 spiro atoms. The van der Waals surface area contributed by atoms with Crippen molar-refractivity contribution in [1.29, 1.82) is 0 Å². The van der Waals surface area contributed by atoms with E-state index in [0.717, 1.165) is 10.2 Å². The van der Waals surface area contributed by atoms with Gasteiger partial charge < -0.3 is 11.1 Å². The quantitative estimate of drug-likeness (QED) is 0.884. The molecule has 5 heteroatoms. The number of carbonyl (C=O) groups excluding carboxylic acids is 1. The maximum absolute atomic E-state index is 11.5. The fourth-order valence-electron chi connectivity index (χ4n) is 0.945. The van der Waals surface area contributed by atoms with Gasteiger partial charge in [0, 0.05) is 18.0 Å². The van der Waals surface area contributed by atoms with Crippen LogP contribution in [0, 0.1) is 0 Å². The minimum Gasteiger partial charge on any atom is -0.352 e. The van der Waals surface area contributed by atoms with E-state index in [4.69, 9.17) is 5.73 Å². The molecule has 0 aliphatic carbocycles. The number of hydrogen-bond acceptors (Lipinski definition) is 3. The number of hydrogen-bond donors (Lipinski definition) is 2. The van der Waals surface area contributed by atoms with Crippen molar-refractivity contribution in [3.05, 3.63) is 20.8 Å². The Morgan fingerprint density at radius 3 is 3.00 bits per heavy atom. The molecular formula is C9H13BrN2OS. The van der Waals surface area contributed by atoms with E-state index in [1.54, 1.807) is 0 Å². The molecule has 3 N–H and O–H groups in total. The molecule has 14 heavy (non-hydrogen) atoms. The van der Waals surface area contributed by atoms with Crippen molar-refractivity contribution in [2.75, 3.05) is 6.54 Å². The predicted molar refractivity (Wildman–Crippen MR) is 62.6 cm³/mol. The summed E-state index contributed by atoms with van der Waals surface area (Å²) in [5.41, 5.74) is 6.27. The molecule has 0 aromatic carbocycles. The highest BCUT2D eigenvalue weighted by molar-refractivity contribution is 9.11. The Balaban J connectivity index is 2.36. The van der Waals surface area contributed by atoms with Gasteiger partial charge in [0.05, 0.1) is 9.35 Å². The zero-order valence-corrected chi connectivity index (χ0v) is 10.3. The van der Waals surface area contributed by atoms with E-state index in [1.807, 2.05) is 18.4 Å². The summed E-state index contributed by atoms with van der Waals surface area (Å²) in [7, 11) is 0. The number of carbonyl (C=O) groups is 1. The summed E-state index contributed by atoms with van der Waals surface area (Å²) >= 11 is 4.81. The van der Waals surface area contributed by atoms with Crippen LogP contribution in [0.15, 0.2) is 15.2 Å². The fraction of sp³-hybridized carbons (Fsp3) is 0.444. The summed E-state index contributed by atoms with van der Waals surface area (Å²) in [6.07, 6.45) is 0.803. The average molecular weight is 277 g/mol. The SMILES string of the molecule is CC(N)CCNC(=O)c1csc(Br)c1. The Labute approximate surface area is 95.8 Å². The number of thiophene rings is 1. The second-order valence-electron chi connectivity index (χ2n) is 3.16. The molecule has 1 unspecified atom stereocenters. The lowest BCUT2D eigenvalue weighted by atomic mass is 10.2. The Hall–Kier alpha value is -0.390. The Morgan fingerprint density at radius 1 is 1.79 bits per heavy atom. The molecule has 78 valence electrons. The summed E-state index contributed by atoms with van der Waals surface area (Å²) in [4.78, 5) is 11.5. The standard InChI is InChI=1S/C9H13BrN2OS/c1-6(11)2-3-12-9(13)7-4-8(10)14-5-7/h4-6H,2-3,11H2,1H3,(H,12,13). The van der Waals surface area contributed by atoms with E-state index in [0.29, 0.717) is 12.1 Å². The number of amides is 1. The summed E-state index contributed by atoms with van der Waals surface area (Å²) in [6, 6.07) is 1.94. The number of rotatable bonds is 4. The van der Waals surface area contributed by atoms with Crippen molar-refractivity contribution in [2.24, 2.45) is 5.73 Å². The van der Waals surface area contributed by atoms with Gasteiger partial charge in [0.2, 0.25) is 0 Å². The normalized spacial score (nSPS) is 12.5. The molecule has 3 nitrogen and oxygen atoms in total. The van der Waals surface area contributed by atoms with Gasteiger partial charge in [-0.25, -0.2) is 0 Å². The lowest BCUT2D eigenvalue weighted by Crippen LogP contribution is -2.28. The first kappa shape index (κ1) is 11.7. The third kappa shape index (κ3) is 3.77. The topological polar surface area (TPSA) is 55.1 Å². The molecule has 1 aromatic heterocycles. The zero-order chi connectivity index (χ0) is 10.6. The second-order valence-corrected chi connectivity index (χ2v) is 5.45. The third-order valence-corrected chi connectivity index (χ3v) is 3.22. The molecule has 0 aliphatic rings. The summed E-state index contributed by atoms with van der Waals surface area (Å²) < 4.78 is 0.967. The van der Waals surface area contributed by atoms with Gasteiger partial charge in [0.25, 0.3) is 5.91 Å². The van der Waals surface area contributed by atoms with Crippen molar-refractivity contribution in [3.63, 3.8) is 0 Å². The average Bonchev–Trinajstić information content (AvgIpc) is 2.51. The maximum atomic E-state index is 11.5. The Bertz CT molecular complexity index is 312. The van der Waals surface area contributed by atoms with Gasteiger partial charge in [-0.1, -0.05) is 0 Å². The first-order chi connectivity index (χ1) is 6.59. The van der Waals surface area contributed by atoms with Gasteiger partial charge in [-0.15, -0.1) is 11.3 Å². The van der Waals surface area contributed by atoms with Crippen molar-refractivity contribution in [2.45, 2.75) is 19.4 Å². The van der Waals surface area contributed by atoms with Crippen LogP contribution in [0.1, 0.15) is 23.7 Å². The molecule has 0 aliphatic heterocycles. The zero-order valence-electron chi connectivity index (χ0n) is 7.92. The van der Waals surface area contributed by atoms with Crippen molar-refractivity contribution < 1.29 is 4.79 Å². The summed E-state index contributed by atoms with van der Waals surface area (Å²) in [6.45, 7) is 2.55. The lowest BCUT2D eigenvalue weighted by Gasteiger charge is -2.05. The van der Waals surface area contributed by atoms with E-state index >= 15 is 0 Å². The maximum Gasteiger partial charge on any atom is 0.252 e. The van der Waals surface area contributed by atoms with E-state index in [-0.39, 0.29) is 11.9 Å². The van der Waals surface area contributed by atoms with Gasteiger partial charge in [0.15, 0.2) is 0 Å². The van der Waals surface area contributed by atoms with Crippen molar-refractivity contribution in [3.8, 4) is 0 Å². The largest absolute Gasteiger partial charge is 0.352 e. The minimum absolute atomic E-state index is 0.0346. The molecule has 1 atom stereocenters. The molecule has 1 heterocycles.